The Hall–Kier alpha value is -1.11. The van der Waals surface area contributed by atoms with Crippen molar-refractivity contribution in [1.29, 1.82) is 0 Å². The molecule has 1 aliphatic rings. The molecule has 1 saturated heterocycles. The molecule has 0 aromatic carbocycles. The van der Waals surface area contributed by atoms with Crippen molar-refractivity contribution in [2.24, 2.45) is 4.99 Å². The van der Waals surface area contributed by atoms with Gasteiger partial charge in [0.25, 0.3) is 0 Å². The Balaban J connectivity index is 2.25. The SMILES string of the molecule is CCOC(=O)N1CCC(NC(=NC)NCCCSC)CC1. The van der Waals surface area contributed by atoms with Gasteiger partial charge in [0, 0.05) is 32.7 Å². The van der Waals surface area contributed by atoms with E-state index in [0.29, 0.717) is 12.6 Å². The highest BCUT2D eigenvalue weighted by atomic mass is 32.2. The Morgan fingerprint density at radius 1 is 1.43 bits per heavy atom. The number of thioether (sulfide) groups is 1. The third-order valence-electron chi connectivity index (χ3n) is 3.40. The first kappa shape index (κ1) is 17.9. The van der Waals surface area contributed by atoms with Crippen molar-refractivity contribution >= 4 is 23.8 Å². The molecule has 122 valence electrons. The van der Waals surface area contributed by atoms with Gasteiger partial charge in [-0.3, -0.25) is 4.99 Å². The minimum atomic E-state index is -0.199. The van der Waals surface area contributed by atoms with Gasteiger partial charge in [0.05, 0.1) is 6.61 Å². The summed E-state index contributed by atoms with van der Waals surface area (Å²) >= 11 is 1.85. The molecule has 0 radical (unpaired) electrons. The van der Waals surface area contributed by atoms with Crippen LogP contribution in [-0.2, 0) is 4.74 Å². The second-order valence-corrected chi connectivity index (χ2v) is 5.94. The molecule has 0 aromatic rings. The number of carbonyl (C=O) groups excluding carboxylic acids is 1. The third-order valence-corrected chi connectivity index (χ3v) is 4.10. The smallest absolute Gasteiger partial charge is 0.409 e. The van der Waals surface area contributed by atoms with Crippen molar-refractivity contribution in [3.05, 3.63) is 0 Å². The maximum absolute atomic E-state index is 11.6. The van der Waals surface area contributed by atoms with Crippen LogP contribution in [0.4, 0.5) is 4.79 Å². The fourth-order valence-corrected chi connectivity index (χ4v) is 2.67. The van der Waals surface area contributed by atoms with E-state index in [2.05, 4.69) is 21.9 Å². The summed E-state index contributed by atoms with van der Waals surface area (Å²) in [5.74, 6) is 2.01. The maximum atomic E-state index is 11.6. The van der Waals surface area contributed by atoms with E-state index in [-0.39, 0.29) is 6.09 Å². The normalized spacial score (nSPS) is 16.7. The number of nitrogens with zero attached hydrogens (tertiary/aromatic N) is 2. The molecule has 1 amide bonds. The largest absolute Gasteiger partial charge is 0.450 e. The van der Waals surface area contributed by atoms with Crippen molar-refractivity contribution in [2.45, 2.75) is 32.2 Å². The summed E-state index contributed by atoms with van der Waals surface area (Å²) in [7, 11) is 1.79. The van der Waals surface area contributed by atoms with Crippen molar-refractivity contribution in [1.82, 2.24) is 15.5 Å². The van der Waals surface area contributed by atoms with Gasteiger partial charge < -0.3 is 20.3 Å². The summed E-state index contributed by atoms with van der Waals surface area (Å²) in [5.41, 5.74) is 0. The summed E-state index contributed by atoms with van der Waals surface area (Å²) in [5, 5.41) is 6.75. The molecule has 0 atom stereocenters. The molecule has 1 aliphatic heterocycles. The van der Waals surface area contributed by atoms with Crippen LogP contribution in [0.3, 0.4) is 0 Å². The fourth-order valence-electron chi connectivity index (χ4n) is 2.23. The van der Waals surface area contributed by atoms with Gasteiger partial charge in [0.1, 0.15) is 0 Å². The number of carbonyl (C=O) groups is 1. The molecule has 7 heteroatoms. The summed E-state index contributed by atoms with van der Waals surface area (Å²) in [6.45, 7) is 4.67. The van der Waals surface area contributed by atoms with E-state index in [4.69, 9.17) is 4.74 Å². The zero-order valence-electron chi connectivity index (χ0n) is 13.4. The molecular weight excluding hydrogens is 288 g/mol. The summed E-state index contributed by atoms with van der Waals surface area (Å²) < 4.78 is 5.02. The van der Waals surface area contributed by atoms with Crippen molar-refractivity contribution in [3.63, 3.8) is 0 Å². The molecule has 0 saturated carbocycles. The van der Waals surface area contributed by atoms with E-state index >= 15 is 0 Å². The zero-order valence-corrected chi connectivity index (χ0v) is 14.2. The standard InChI is InChI=1S/C14H28N4O2S/c1-4-20-14(19)18-9-6-12(7-10-18)17-13(15-2)16-8-5-11-21-3/h12H,4-11H2,1-3H3,(H2,15,16,17). The summed E-state index contributed by atoms with van der Waals surface area (Å²) in [6, 6.07) is 0.363. The lowest BCUT2D eigenvalue weighted by atomic mass is 10.1. The van der Waals surface area contributed by atoms with Crippen LogP contribution in [0.15, 0.2) is 4.99 Å². The highest BCUT2D eigenvalue weighted by Gasteiger charge is 2.23. The average Bonchev–Trinajstić information content (AvgIpc) is 2.51. The number of aliphatic imine (C=N–C) groups is 1. The zero-order chi connectivity index (χ0) is 15.5. The molecular formula is C14H28N4O2S. The van der Waals surface area contributed by atoms with E-state index in [9.17, 15) is 4.79 Å². The first-order chi connectivity index (χ1) is 10.2. The molecule has 1 heterocycles. The van der Waals surface area contributed by atoms with Gasteiger partial charge in [-0.2, -0.15) is 11.8 Å². The highest BCUT2D eigenvalue weighted by molar-refractivity contribution is 7.98. The van der Waals surface area contributed by atoms with Crippen molar-refractivity contribution < 1.29 is 9.53 Å². The Bertz CT molecular complexity index is 331. The Kier molecular flexibility index (Phi) is 9.05. The first-order valence-corrected chi connectivity index (χ1v) is 8.98. The molecule has 0 unspecified atom stereocenters. The van der Waals surface area contributed by atoms with Gasteiger partial charge in [-0.15, -0.1) is 0 Å². The Labute approximate surface area is 132 Å². The quantitative estimate of drug-likeness (QED) is 0.442. The predicted octanol–water partition coefficient (Wildman–Crippen LogP) is 1.53. The number of guanidine groups is 1. The maximum Gasteiger partial charge on any atom is 0.409 e. The van der Waals surface area contributed by atoms with E-state index in [0.717, 1.165) is 50.6 Å². The lowest BCUT2D eigenvalue weighted by Crippen LogP contribution is -2.50. The van der Waals surface area contributed by atoms with Gasteiger partial charge in [-0.05, 0) is 38.2 Å². The number of rotatable bonds is 6. The molecule has 21 heavy (non-hydrogen) atoms. The summed E-state index contributed by atoms with van der Waals surface area (Å²) in [4.78, 5) is 17.7. The first-order valence-electron chi connectivity index (χ1n) is 7.59. The van der Waals surface area contributed by atoms with Gasteiger partial charge in [0.15, 0.2) is 5.96 Å². The molecule has 1 fully saturated rings. The Morgan fingerprint density at radius 3 is 2.71 bits per heavy atom. The van der Waals surface area contributed by atoms with Crippen LogP contribution >= 0.6 is 11.8 Å². The number of hydrogen-bond acceptors (Lipinski definition) is 4. The predicted molar refractivity (Wildman–Crippen MR) is 89.1 cm³/mol. The molecule has 6 nitrogen and oxygen atoms in total. The van der Waals surface area contributed by atoms with Crippen LogP contribution in [0.25, 0.3) is 0 Å². The van der Waals surface area contributed by atoms with Gasteiger partial charge in [0.2, 0.25) is 0 Å². The Morgan fingerprint density at radius 2 is 2.14 bits per heavy atom. The van der Waals surface area contributed by atoms with Crippen LogP contribution < -0.4 is 10.6 Å². The lowest BCUT2D eigenvalue weighted by Gasteiger charge is -2.32. The molecule has 0 bridgehead atoms. The van der Waals surface area contributed by atoms with Crippen molar-refractivity contribution in [3.8, 4) is 0 Å². The van der Waals surface area contributed by atoms with Crippen LogP contribution in [0.1, 0.15) is 26.2 Å². The van der Waals surface area contributed by atoms with E-state index < -0.39 is 0 Å². The van der Waals surface area contributed by atoms with Crippen LogP contribution in [0, 0.1) is 0 Å². The van der Waals surface area contributed by atoms with Gasteiger partial charge >= 0.3 is 6.09 Å². The minimum Gasteiger partial charge on any atom is -0.450 e. The monoisotopic (exact) mass is 316 g/mol. The third kappa shape index (κ3) is 6.93. The second kappa shape index (κ2) is 10.6. The van der Waals surface area contributed by atoms with Gasteiger partial charge in [-0.1, -0.05) is 0 Å². The molecule has 1 rings (SSSR count). The number of ether oxygens (including phenoxy) is 1. The molecule has 2 N–H and O–H groups in total. The van der Waals surface area contributed by atoms with Crippen LogP contribution in [0.5, 0.6) is 0 Å². The second-order valence-electron chi connectivity index (χ2n) is 4.95. The topological polar surface area (TPSA) is 66.0 Å². The van der Waals surface area contributed by atoms with E-state index in [1.807, 2.05) is 18.7 Å². The van der Waals surface area contributed by atoms with Crippen LogP contribution in [0.2, 0.25) is 0 Å². The fraction of sp³-hybridized carbons (Fsp3) is 0.857. The van der Waals surface area contributed by atoms with E-state index in [1.54, 1.807) is 11.9 Å². The lowest BCUT2D eigenvalue weighted by molar-refractivity contribution is 0.0963. The molecule has 0 spiro atoms. The number of hydrogen-bond donors (Lipinski definition) is 2. The van der Waals surface area contributed by atoms with Crippen molar-refractivity contribution in [2.75, 3.05) is 45.3 Å². The molecule has 0 aromatic heterocycles. The van der Waals surface area contributed by atoms with Gasteiger partial charge in [-0.25, -0.2) is 4.79 Å². The number of amides is 1. The number of nitrogens with one attached hydrogen (secondary N) is 2. The summed E-state index contributed by atoms with van der Waals surface area (Å²) in [6.07, 6.45) is 4.89. The van der Waals surface area contributed by atoms with Crippen LogP contribution in [-0.4, -0.2) is 68.3 Å². The minimum absolute atomic E-state index is 0.199. The van der Waals surface area contributed by atoms with E-state index in [1.165, 1.54) is 0 Å². The number of likely N-dealkylation sites (tertiary alicyclic amines) is 1. The average molecular weight is 316 g/mol. The highest BCUT2D eigenvalue weighted by Crippen LogP contribution is 2.11. The molecule has 0 aliphatic carbocycles. The number of piperidine rings is 1.